The number of hydrogen-bond acceptors (Lipinski definition) is 0. The van der Waals surface area contributed by atoms with E-state index in [1.807, 2.05) is 0 Å². The quantitative estimate of drug-likeness (QED) is 0.649. The topological polar surface area (TPSA) is 0 Å². The van der Waals surface area contributed by atoms with Crippen LogP contribution in [-0.2, 0) is 0 Å². The highest BCUT2D eigenvalue weighted by molar-refractivity contribution is 4.92. The Morgan fingerprint density at radius 2 is 1.88 bits per heavy atom. The molecular formula is C15H31FN+. The van der Waals surface area contributed by atoms with Gasteiger partial charge in [-0.1, -0.05) is 40.0 Å². The van der Waals surface area contributed by atoms with Gasteiger partial charge in [-0.05, 0) is 6.42 Å². The molecule has 3 atom stereocenters. The minimum absolute atomic E-state index is 0.319. The van der Waals surface area contributed by atoms with Crippen molar-refractivity contribution in [3.8, 4) is 0 Å². The first-order valence-electron chi connectivity index (χ1n) is 7.52. The number of halogens is 1. The standard InChI is InChI=1S/C10H19FN.C5H12/c1-3-10-5-4-6-12(10,2)8-9(11)7-10;1-3-5-4-2/h9H,3-8H2,1-2H3;3-5H2,1-2H3/q+1;. The molecule has 0 aromatic rings. The number of quaternary nitrogens is 1. The van der Waals surface area contributed by atoms with E-state index in [1.54, 1.807) is 0 Å². The van der Waals surface area contributed by atoms with Crippen LogP contribution in [0.3, 0.4) is 0 Å². The third kappa shape index (κ3) is 3.01. The molecule has 0 spiro atoms. The molecule has 2 heterocycles. The minimum atomic E-state index is -0.532. The Labute approximate surface area is 107 Å². The second-order valence-electron chi connectivity index (χ2n) is 6.14. The highest BCUT2D eigenvalue weighted by atomic mass is 19.1. The van der Waals surface area contributed by atoms with Crippen molar-refractivity contribution in [3.05, 3.63) is 0 Å². The summed E-state index contributed by atoms with van der Waals surface area (Å²) in [6.45, 7) is 8.62. The molecule has 0 bridgehead atoms. The summed E-state index contributed by atoms with van der Waals surface area (Å²) in [4.78, 5) is 0. The first-order chi connectivity index (χ1) is 8.03. The van der Waals surface area contributed by atoms with Gasteiger partial charge in [0.25, 0.3) is 0 Å². The molecule has 3 unspecified atom stereocenters. The predicted octanol–water partition coefficient (Wildman–Crippen LogP) is 4.31. The summed E-state index contributed by atoms with van der Waals surface area (Å²) in [5.74, 6) is 0. The molecule has 102 valence electrons. The number of unbranched alkanes of at least 4 members (excludes halogenated alkanes) is 2. The SMILES string of the molecule is CCC12CCC[N+]1(C)CC(F)C2.CCCCC. The van der Waals surface area contributed by atoms with Gasteiger partial charge in [0.15, 0.2) is 6.17 Å². The van der Waals surface area contributed by atoms with Crippen molar-refractivity contribution in [2.24, 2.45) is 0 Å². The first-order valence-corrected chi connectivity index (χ1v) is 7.52. The Hall–Kier alpha value is -0.110. The summed E-state index contributed by atoms with van der Waals surface area (Å²) < 4.78 is 14.3. The van der Waals surface area contributed by atoms with Crippen LogP contribution in [0.5, 0.6) is 0 Å². The molecule has 2 aliphatic rings. The molecule has 2 aliphatic heterocycles. The predicted molar refractivity (Wildman–Crippen MR) is 72.9 cm³/mol. The summed E-state index contributed by atoms with van der Waals surface area (Å²) in [7, 11) is 2.25. The summed E-state index contributed by atoms with van der Waals surface area (Å²) >= 11 is 0. The molecule has 1 nitrogen and oxygen atoms in total. The number of hydrogen-bond donors (Lipinski definition) is 0. The summed E-state index contributed by atoms with van der Waals surface area (Å²) in [5.41, 5.74) is 0.319. The molecule has 17 heavy (non-hydrogen) atoms. The van der Waals surface area contributed by atoms with E-state index in [2.05, 4.69) is 27.8 Å². The highest BCUT2D eigenvalue weighted by Gasteiger charge is 2.58. The molecule has 0 radical (unpaired) electrons. The van der Waals surface area contributed by atoms with Crippen LogP contribution in [0.2, 0.25) is 0 Å². The summed E-state index contributed by atoms with van der Waals surface area (Å²) in [5, 5.41) is 0. The van der Waals surface area contributed by atoms with E-state index in [0.29, 0.717) is 5.54 Å². The maximum Gasteiger partial charge on any atom is 0.155 e. The van der Waals surface area contributed by atoms with E-state index in [0.717, 1.165) is 23.9 Å². The van der Waals surface area contributed by atoms with Crippen molar-refractivity contribution < 1.29 is 8.87 Å². The van der Waals surface area contributed by atoms with Crippen LogP contribution in [0, 0.1) is 0 Å². The molecule has 0 aliphatic carbocycles. The number of fused-ring (bicyclic) bond motifs is 1. The third-order valence-corrected chi connectivity index (χ3v) is 5.01. The van der Waals surface area contributed by atoms with Gasteiger partial charge in [-0.3, -0.25) is 0 Å². The van der Waals surface area contributed by atoms with E-state index >= 15 is 0 Å². The van der Waals surface area contributed by atoms with E-state index in [4.69, 9.17) is 0 Å². The fourth-order valence-electron chi connectivity index (χ4n) is 3.84. The molecule has 0 aromatic heterocycles. The van der Waals surface area contributed by atoms with E-state index in [9.17, 15) is 4.39 Å². The molecule has 2 saturated heterocycles. The van der Waals surface area contributed by atoms with E-state index in [1.165, 1.54) is 38.6 Å². The van der Waals surface area contributed by atoms with Gasteiger partial charge in [0.05, 0.1) is 13.6 Å². The Kier molecular flexibility index (Phi) is 5.43. The number of nitrogens with zero attached hydrogens (tertiary/aromatic N) is 1. The van der Waals surface area contributed by atoms with Gasteiger partial charge >= 0.3 is 0 Å². The third-order valence-electron chi connectivity index (χ3n) is 5.01. The number of rotatable bonds is 3. The van der Waals surface area contributed by atoms with Crippen molar-refractivity contribution in [3.63, 3.8) is 0 Å². The van der Waals surface area contributed by atoms with Crippen LogP contribution in [0.15, 0.2) is 0 Å². The Morgan fingerprint density at radius 3 is 2.29 bits per heavy atom. The normalized spacial score (nSPS) is 39.7. The van der Waals surface area contributed by atoms with Crippen molar-refractivity contribution in [2.45, 2.75) is 77.4 Å². The largest absolute Gasteiger partial charge is 0.319 e. The average molecular weight is 244 g/mol. The molecule has 0 N–H and O–H groups in total. The Bertz CT molecular complexity index is 229. The summed E-state index contributed by atoms with van der Waals surface area (Å²) in [6, 6.07) is 0. The molecule has 0 aromatic carbocycles. The molecule has 0 amide bonds. The van der Waals surface area contributed by atoms with Crippen LogP contribution in [-0.4, -0.2) is 36.3 Å². The van der Waals surface area contributed by atoms with Gasteiger partial charge in [-0.15, -0.1) is 0 Å². The smallest absolute Gasteiger partial charge is 0.155 e. The zero-order valence-corrected chi connectivity index (χ0v) is 12.3. The van der Waals surface area contributed by atoms with Gasteiger partial charge < -0.3 is 4.48 Å². The van der Waals surface area contributed by atoms with Crippen LogP contribution >= 0.6 is 0 Å². The Balaban J connectivity index is 0.000000249. The van der Waals surface area contributed by atoms with Crippen LogP contribution < -0.4 is 0 Å². The second kappa shape index (κ2) is 6.17. The van der Waals surface area contributed by atoms with Gasteiger partial charge in [-0.2, -0.15) is 0 Å². The maximum absolute atomic E-state index is 13.3. The lowest BCUT2D eigenvalue weighted by Crippen LogP contribution is -2.53. The molecule has 2 rings (SSSR count). The van der Waals surface area contributed by atoms with Gasteiger partial charge in [-0.25, -0.2) is 4.39 Å². The fourth-order valence-corrected chi connectivity index (χ4v) is 3.84. The fraction of sp³-hybridized carbons (Fsp3) is 1.00. The van der Waals surface area contributed by atoms with Crippen molar-refractivity contribution in [2.75, 3.05) is 20.1 Å². The highest BCUT2D eigenvalue weighted by Crippen LogP contribution is 2.47. The Morgan fingerprint density at radius 1 is 1.24 bits per heavy atom. The molecule has 0 saturated carbocycles. The van der Waals surface area contributed by atoms with Crippen molar-refractivity contribution in [1.29, 1.82) is 0 Å². The van der Waals surface area contributed by atoms with Gasteiger partial charge in [0.2, 0.25) is 0 Å². The number of alkyl halides is 1. The zero-order valence-electron chi connectivity index (χ0n) is 12.3. The maximum atomic E-state index is 13.3. The molecular weight excluding hydrogens is 213 g/mol. The van der Waals surface area contributed by atoms with Gasteiger partial charge in [0.1, 0.15) is 12.1 Å². The van der Waals surface area contributed by atoms with Crippen molar-refractivity contribution in [1.82, 2.24) is 0 Å². The molecule has 2 heteroatoms. The average Bonchev–Trinajstić information content (AvgIpc) is 2.69. The molecule has 2 fully saturated rings. The van der Waals surface area contributed by atoms with Crippen LogP contribution in [0.4, 0.5) is 4.39 Å². The van der Waals surface area contributed by atoms with Gasteiger partial charge in [0, 0.05) is 19.3 Å². The van der Waals surface area contributed by atoms with Crippen molar-refractivity contribution >= 4 is 0 Å². The second-order valence-corrected chi connectivity index (χ2v) is 6.14. The monoisotopic (exact) mass is 244 g/mol. The first kappa shape index (κ1) is 14.9. The summed E-state index contributed by atoms with van der Waals surface area (Å²) in [6.07, 6.45) is 8.07. The zero-order chi connectivity index (χ0) is 12.9. The van der Waals surface area contributed by atoms with Crippen LogP contribution in [0.25, 0.3) is 0 Å². The lowest BCUT2D eigenvalue weighted by atomic mass is 9.90. The lowest BCUT2D eigenvalue weighted by molar-refractivity contribution is -0.934. The minimum Gasteiger partial charge on any atom is -0.319 e. The lowest BCUT2D eigenvalue weighted by Gasteiger charge is -2.39. The van der Waals surface area contributed by atoms with E-state index < -0.39 is 6.17 Å². The van der Waals surface area contributed by atoms with E-state index in [-0.39, 0.29) is 0 Å². The van der Waals surface area contributed by atoms with Crippen LogP contribution in [0.1, 0.15) is 65.7 Å².